The number of amides is 1. The first-order valence-corrected chi connectivity index (χ1v) is 9.25. The van der Waals surface area contributed by atoms with Gasteiger partial charge < -0.3 is 4.90 Å². The number of sulfonamides is 1. The van der Waals surface area contributed by atoms with Crippen LogP contribution >= 0.6 is 22.9 Å². The van der Waals surface area contributed by atoms with E-state index < -0.39 is 10.0 Å². The molecule has 0 saturated heterocycles. The van der Waals surface area contributed by atoms with Crippen molar-refractivity contribution in [2.45, 2.75) is 0 Å². The Bertz CT molecular complexity index is 771. The van der Waals surface area contributed by atoms with Crippen molar-refractivity contribution in [3.8, 4) is 0 Å². The lowest BCUT2D eigenvalue weighted by molar-refractivity contribution is 0.0802. The number of rotatable bonds is 5. The summed E-state index contributed by atoms with van der Waals surface area (Å²) in [6, 6.07) is 7.54. The SMILES string of the molecule is CN(CCNS(C)(=O)=O)C(=O)c1sc2ccccc2c1Cl. The van der Waals surface area contributed by atoms with E-state index in [4.69, 9.17) is 11.6 Å². The Morgan fingerprint density at radius 3 is 2.67 bits per heavy atom. The quantitative estimate of drug-likeness (QED) is 0.902. The molecule has 0 radical (unpaired) electrons. The maximum atomic E-state index is 12.4. The lowest BCUT2D eigenvalue weighted by atomic mass is 10.2. The van der Waals surface area contributed by atoms with Crippen LogP contribution < -0.4 is 4.72 Å². The molecular formula is C13H15ClN2O3S2. The van der Waals surface area contributed by atoms with Crippen LogP contribution in [-0.2, 0) is 10.0 Å². The zero-order valence-corrected chi connectivity index (χ0v) is 14.0. The normalized spacial score (nSPS) is 11.8. The monoisotopic (exact) mass is 346 g/mol. The number of halogens is 1. The minimum Gasteiger partial charge on any atom is -0.340 e. The van der Waals surface area contributed by atoms with Gasteiger partial charge in [0.05, 0.1) is 11.3 Å². The fraction of sp³-hybridized carbons (Fsp3) is 0.308. The van der Waals surface area contributed by atoms with Gasteiger partial charge in [0.15, 0.2) is 0 Å². The van der Waals surface area contributed by atoms with Gasteiger partial charge in [-0.15, -0.1) is 11.3 Å². The van der Waals surface area contributed by atoms with E-state index in [1.807, 2.05) is 24.3 Å². The molecule has 2 rings (SSSR count). The van der Waals surface area contributed by atoms with Crippen molar-refractivity contribution in [1.82, 2.24) is 9.62 Å². The molecule has 5 nitrogen and oxygen atoms in total. The van der Waals surface area contributed by atoms with Gasteiger partial charge in [-0.05, 0) is 6.07 Å². The average Bonchev–Trinajstić information content (AvgIpc) is 2.74. The van der Waals surface area contributed by atoms with E-state index in [0.717, 1.165) is 16.3 Å². The Balaban J connectivity index is 2.12. The maximum absolute atomic E-state index is 12.4. The fourth-order valence-corrected chi connectivity index (χ4v) is 3.79. The van der Waals surface area contributed by atoms with Crippen LogP contribution in [0.4, 0.5) is 0 Å². The molecule has 1 amide bonds. The van der Waals surface area contributed by atoms with Crippen LogP contribution in [0.1, 0.15) is 9.67 Å². The maximum Gasteiger partial charge on any atom is 0.265 e. The second-order valence-electron chi connectivity index (χ2n) is 4.63. The Labute approximate surface area is 132 Å². The molecule has 21 heavy (non-hydrogen) atoms. The van der Waals surface area contributed by atoms with Crippen molar-refractivity contribution in [1.29, 1.82) is 0 Å². The predicted molar refractivity (Wildman–Crippen MR) is 86.6 cm³/mol. The third-order valence-electron chi connectivity index (χ3n) is 2.89. The number of hydrogen-bond donors (Lipinski definition) is 1. The zero-order valence-electron chi connectivity index (χ0n) is 11.6. The number of carbonyl (C=O) groups is 1. The van der Waals surface area contributed by atoms with Crippen LogP contribution in [0.15, 0.2) is 24.3 Å². The topological polar surface area (TPSA) is 66.5 Å². The van der Waals surface area contributed by atoms with Crippen molar-refractivity contribution in [2.75, 3.05) is 26.4 Å². The molecule has 114 valence electrons. The van der Waals surface area contributed by atoms with E-state index in [1.54, 1.807) is 7.05 Å². The lowest BCUT2D eigenvalue weighted by Crippen LogP contribution is -2.35. The largest absolute Gasteiger partial charge is 0.340 e. The number of nitrogens with one attached hydrogen (secondary N) is 1. The Kier molecular flexibility index (Phi) is 4.88. The van der Waals surface area contributed by atoms with Gasteiger partial charge in [-0.3, -0.25) is 4.79 Å². The van der Waals surface area contributed by atoms with Crippen LogP contribution in [0.5, 0.6) is 0 Å². The smallest absolute Gasteiger partial charge is 0.265 e. The van der Waals surface area contributed by atoms with Gasteiger partial charge in [0.1, 0.15) is 4.88 Å². The van der Waals surface area contributed by atoms with Crippen LogP contribution in [0.3, 0.4) is 0 Å². The number of likely N-dealkylation sites (N-methyl/N-ethyl adjacent to an activating group) is 1. The molecule has 1 heterocycles. The zero-order chi connectivity index (χ0) is 15.6. The molecule has 1 aromatic heterocycles. The second kappa shape index (κ2) is 6.31. The van der Waals surface area contributed by atoms with Gasteiger partial charge >= 0.3 is 0 Å². The van der Waals surface area contributed by atoms with Crippen LogP contribution in [0.2, 0.25) is 5.02 Å². The molecule has 1 aromatic carbocycles. The Morgan fingerprint density at radius 2 is 2.05 bits per heavy atom. The molecule has 0 aliphatic carbocycles. The first kappa shape index (κ1) is 16.2. The first-order valence-electron chi connectivity index (χ1n) is 6.17. The van der Waals surface area contributed by atoms with Crippen molar-refractivity contribution in [2.24, 2.45) is 0 Å². The Hall–Kier alpha value is -1.15. The van der Waals surface area contributed by atoms with Gasteiger partial charge in [-0.1, -0.05) is 29.8 Å². The predicted octanol–water partition coefficient (Wildman–Crippen LogP) is 2.18. The highest BCUT2D eigenvalue weighted by molar-refractivity contribution is 7.88. The number of thiophene rings is 1. The minimum atomic E-state index is -3.25. The molecule has 0 spiro atoms. The molecule has 0 unspecified atom stereocenters. The van der Waals surface area contributed by atoms with Crippen LogP contribution in [0, 0.1) is 0 Å². The van der Waals surface area contributed by atoms with E-state index in [1.165, 1.54) is 16.2 Å². The molecule has 8 heteroatoms. The highest BCUT2D eigenvalue weighted by atomic mass is 35.5. The van der Waals surface area contributed by atoms with Gasteiger partial charge in [-0.25, -0.2) is 13.1 Å². The molecular weight excluding hydrogens is 332 g/mol. The van der Waals surface area contributed by atoms with Crippen molar-refractivity contribution in [3.63, 3.8) is 0 Å². The van der Waals surface area contributed by atoms with E-state index >= 15 is 0 Å². The van der Waals surface area contributed by atoms with E-state index in [2.05, 4.69) is 4.72 Å². The summed E-state index contributed by atoms with van der Waals surface area (Å²) < 4.78 is 25.3. The summed E-state index contributed by atoms with van der Waals surface area (Å²) in [5.41, 5.74) is 0. The molecule has 0 aliphatic rings. The third-order valence-corrected chi connectivity index (χ3v) is 5.28. The molecule has 0 aliphatic heterocycles. The number of carbonyl (C=O) groups excluding carboxylic acids is 1. The van der Waals surface area contributed by atoms with Gasteiger partial charge in [-0.2, -0.15) is 0 Å². The standard InChI is InChI=1S/C13H15ClN2O3S2/c1-16(8-7-15-21(2,18)19)13(17)12-11(14)9-5-3-4-6-10(9)20-12/h3-6,15H,7-8H2,1-2H3. The molecule has 2 aromatic rings. The number of fused-ring (bicyclic) bond motifs is 1. The summed E-state index contributed by atoms with van der Waals surface area (Å²) in [5.74, 6) is -0.212. The number of nitrogens with zero attached hydrogens (tertiary/aromatic N) is 1. The van der Waals surface area contributed by atoms with Gasteiger partial charge in [0.2, 0.25) is 10.0 Å². The summed E-state index contributed by atoms with van der Waals surface area (Å²) in [4.78, 5) is 14.3. The minimum absolute atomic E-state index is 0.170. The van der Waals surface area contributed by atoms with Crippen LogP contribution in [-0.4, -0.2) is 45.6 Å². The summed E-state index contributed by atoms with van der Waals surface area (Å²) in [6.07, 6.45) is 1.08. The highest BCUT2D eigenvalue weighted by Crippen LogP contribution is 2.35. The van der Waals surface area contributed by atoms with E-state index in [0.29, 0.717) is 9.90 Å². The average molecular weight is 347 g/mol. The van der Waals surface area contributed by atoms with Crippen molar-refractivity contribution in [3.05, 3.63) is 34.2 Å². The van der Waals surface area contributed by atoms with E-state index in [9.17, 15) is 13.2 Å². The second-order valence-corrected chi connectivity index (χ2v) is 7.90. The molecule has 1 N–H and O–H groups in total. The number of benzene rings is 1. The first-order chi connectivity index (χ1) is 9.79. The molecule has 0 fully saturated rings. The van der Waals surface area contributed by atoms with Crippen molar-refractivity contribution >= 4 is 49.0 Å². The fourth-order valence-electron chi connectivity index (χ4n) is 1.83. The van der Waals surface area contributed by atoms with Crippen molar-refractivity contribution < 1.29 is 13.2 Å². The summed E-state index contributed by atoms with van der Waals surface area (Å²) in [5, 5.41) is 1.30. The van der Waals surface area contributed by atoms with Crippen LogP contribution in [0.25, 0.3) is 10.1 Å². The molecule has 0 atom stereocenters. The summed E-state index contributed by atoms with van der Waals surface area (Å²) >= 11 is 7.59. The van der Waals surface area contributed by atoms with E-state index in [-0.39, 0.29) is 19.0 Å². The Morgan fingerprint density at radius 1 is 1.38 bits per heavy atom. The van der Waals surface area contributed by atoms with Gasteiger partial charge in [0, 0.05) is 30.2 Å². The molecule has 0 saturated carbocycles. The summed E-state index contributed by atoms with van der Waals surface area (Å²) in [6.45, 7) is 0.445. The third kappa shape index (κ3) is 3.94. The lowest BCUT2D eigenvalue weighted by Gasteiger charge is -2.16. The summed E-state index contributed by atoms with van der Waals surface area (Å²) in [7, 11) is -1.63. The highest BCUT2D eigenvalue weighted by Gasteiger charge is 2.20. The van der Waals surface area contributed by atoms with Gasteiger partial charge in [0.25, 0.3) is 5.91 Å². The number of hydrogen-bond acceptors (Lipinski definition) is 4. The molecule has 0 bridgehead atoms.